The van der Waals surface area contributed by atoms with Crippen LogP contribution >= 0.6 is 0 Å². The number of H-pyrrole nitrogens is 1. The Hall–Kier alpha value is -5.26. The number of tetrazole rings is 1. The lowest BCUT2D eigenvalue weighted by atomic mass is 9.98. The Bertz CT molecular complexity index is 1670. The van der Waals surface area contributed by atoms with E-state index in [0.29, 0.717) is 33.9 Å². The number of hydrogen-bond donors (Lipinski definition) is 3. The minimum atomic E-state index is -4.42. The number of halogens is 4. The normalized spacial score (nSPS) is 11.3. The topological polar surface area (TPSA) is 98.8 Å². The molecule has 1 heterocycles. The number of nitrogens with one attached hydrogen (secondary N) is 3. The van der Waals surface area contributed by atoms with Crippen molar-refractivity contribution in [3.8, 4) is 22.5 Å². The lowest BCUT2D eigenvalue weighted by Gasteiger charge is -2.28. The third-order valence-electron chi connectivity index (χ3n) is 6.69. The molecule has 12 heteroatoms. The van der Waals surface area contributed by atoms with Crippen molar-refractivity contribution in [1.29, 1.82) is 0 Å². The number of anilines is 3. The predicted molar refractivity (Wildman–Crippen MR) is 157 cm³/mol. The number of carbonyl (C=O) groups excluding carboxylic acids is 1. The van der Waals surface area contributed by atoms with E-state index in [-0.39, 0.29) is 12.2 Å². The van der Waals surface area contributed by atoms with Gasteiger partial charge in [-0.15, -0.1) is 5.10 Å². The summed E-state index contributed by atoms with van der Waals surface area (Å²) in [5.41, 5.74) is 4.88. The Morgan fingerprint density at radius 3 is 2.30 bits per heavy atom. The van der Waals surface area contributed by atoms with Crippen molar-refractivity contribution in [2.45, 2.75) is 26.1 Å². The molecule has 0 saturated heterocycles. The summed E-state index contributed by atoms with van der Waals surface area (Å²) in [6.07, 6.45) is -5.51. The first-order valence-corrected chi connectivity index (χ1v) is 13.3. The lowest BCUT2D eigenvalue weighted by Crippen LogP contribution is -2.29. The van der Waals surface area contributed by atoms with E-state index in [1.807, 2.05) is 43.3 Å². The molecular weight excluding hydrogens is 562 g/mol. The van der Waals surface area contributed by atoms with Crippen LogP contribution in [-0.4, -0.2) is 39.4 Å². The molecule has 4 aromatic carbocycles. The molecule has 0 aliphatic carbocycles. The number of urea groups is 1. The zero-order chi connectivity index (χ0) is 30.4. The SMILES string of the molecule is Cc1ccc(NC(=O)Nc2cc(-c3ccccc3-c3nnn[nH]3)ccc2N(CCC(F)(F)F)Cc2ccc(F)cc2)cc1. The summed E-state index contributed by atoms with van der Waals surface area (Å²) in [6, 6.07) is 24.6. The number of carbonyl (C=O) groups is 1. The molecule has 0 unspecified atom stereocenters. The predicted octanol–water partition coefficient (Wildman–Crippen LogP) is 7.58. The quantitative estimate of drug-likeness (QED) is 0.154. The van der Waals surface area contributed by atoms with E-state index in [2.05, 4.69) is 31.3 Å². The average molecular weight is 590 g/mol. The molecule has 0 fully saturated rings. The summed E-state index contributed by atoms with van der Waals surface area (Å²) < 4.78 is 53.8. The van der Waals surface area contributed by atoms with E-state index in [1.165, 1.54) is 29.2 Å². The fraction of sp³-hybridized carbons (Fsp3) is 0.161. The first kappa shape index (κ1) is 29.2. The van der Waals surface area contributed by atoms with Crippen LogP contribution in [0.3, 0.4) is 0 Å². The molecule has 0 saturated carbocycles. The Kier molecular flexibility index (Phi) is 8.65. The first-order valence-electron chi connectivity index (χ1n) is 13.3. The molecular formula is C31H27F4N7O. The Labute approximate surface area is 244 Å². The van der Waals surface area contributed by atoms with Gasteiger partial charge >= 0.3 is 12.2 Å². The summed E-state index contributed by atoms with van der Waals surface area (Å²) in [5.74, 6) is -0.0277. The summed E-state index contributed by atoms with van der Waals surface area (Å²) in [5, 5.41) is 19.6. The number of rotatable bonds is 9. The van der Waals surface area contributed by atoms with Crippen molar-refractivity contribution in [1.82, 2.24) is 20.6 Å². The molecule has 5 rings (SSSR count). The molecule has 8 nitrogen and oxygen atoms in total. The van der Waals surface area contributed by atoms with E-state index < -0.39 is 31.0 Å². The van der Waals surface area contributed by atoms with Crippen LogP contribution in [0.25, 0.3) is 22.5 Å². The fourth-order valence-corrected chi connectivity index (χ4v) is 4.57. The number of nitrogens with zero attached hydrogens (tertiary/aromatic N) is 4. The van der Waals surface area contributed by atoms with Crippen molar-refractivity contribution >= 4 is 23.1 Å². The van der Waals surface area contributed by atoms with Gasteiger partial charge in [0.05, 0.1) is 17.8 Å². The number of aromatic nitrogens is 4. The molecule has 5 aromatic rings. The number of alkyl halides is 3. The van der Waals surface area contributed by atoms with Crippen LogP contribution in [0.5, 0.6) is 0 Å². The molecule has 43 heavy (non-hydrogen) atoms. The third kappa shape index (κ3) is 7.73. The molecule has 0 atom stereocenters. The number of aryl methyl sites for hydroxylation is 1. The van der Waals surface area contributed by atoms with Crippen LogP contribution in [0.15, 0.2) is 91.0 Å². The minimum Gasteiger partial charge on any atom is -0.365 e. The molecule has 220 valence electrons. The first-order chi connectivity index (χ1) is 20.6. The van der Waals surface area contributed by atoms with Gasteiger partial charge in [0.2, 0.25) is 0 Å². The maximum atomic E-state index is 13.6. The minimum absolute atomic E-state index is 0.0459. The van der Waals surface area contributed by atoms with Gasteiger partial charge in [-0.2, -0.15) is 13.2 Å². The van der Waals surface area contributed by atoms with E-state index in [0.717, 1.165) is 11.1 Å². The van der Waals surface area contributed by atoms with Gasteiger partial charge < -0.3 is 15.5 Å². The second-order valence-corrected chi connectivity index (χ2v) is 9.89. The number of amides is 2. The highest BCUT2D eigenvalue weighted by Gasteiger charge is 2.29. The fourth-order valence-electron chi connectivity index (χ4n) is 4.57. The summed E-state index contributed by atoms with van der Waals surface area (Å²) in [6.45, 7) is 1.57. The molecule has 3 N–H and O–H groups in total. The Morgan fingerprint density at radius 2 is 1.63 bits per heavy atom. The second kappa shape index (κ2) is 12.7. The maximum Gasteiger partial charge on any atom is 0.390 e. The number of aromatic amines is 1. The van der Waals surface area contributed by atoms with Crippen molar-refractivity contribution in [2.75, 3.05) is 22.1 Å². The van der Waals surface area contributed by atoms with Crippen LogP contribution in [0.1, 0.15) is 17.5 Å². The van der Waals surface area contributed by atoms with E-state index in [1.54, 1.807) is 30.3 Å². The van der Waals surface area contributed by atoms with Gasteiger partial charge in [-0.05, 0) is 70.4 Å². The van der Waals surface area contributed by atoms with Crippen molar-refractivity contribution in [3.63, 3.8) is 0 Å². The molecule has 1 aromatic heterocycles. The highest BCUT2D eigenvalue weighted by molar-refractivity contribution is 6.02. The van der Waals surface area contributed by atoms with Crippen molar-refractivity contribution in [2.24, 2.45) is 0 Å². The van der Waals surface area contributed by atoms with Gasteiger partial charge in [0.15, 0.2) is 5.82 Å². The van der Waals surface area contributed by atoms with Crippen LogP contribution in [-0.2, 0) is 6.54 Å². The van der Waals surface area contributed by atoms with Crippen LogP contribution < -0.4 is 15.5 Å². The Balaban J connectivity index is 1.55. The van der Waals surface area contributed by atoms with Crippen LogP contribution in [0, 0.1) is 12.7 Å². The second-order valence-electron chi connectivity index (χ2n) is 9.89. The highest BCUT2D eigenvalue weighted by Crippen LogP contribution is 2.37. The van der Waals surface area contributed by atoms with Gasteiger partial charge in [-0.3, -0.25) is 0 Å². The van der Waals surface area contributed by atoms with Gasteiger partial charge in [0.25, 0.3) is 0 Å². The maximum absolute atomic E-state index is 13.6. The monoisotopic (exact) mass is 589 g/mol. The third-order valence-corrected chi connectivity index (χ3v) is 6.69. The summed E-state index contributed by atoms with van der Waals surface area (Å²) in [4.78, 5) is 14.7. The van der Waals surface area contributed by atoms with Gasteiger partial charge in [0, 0.05) is 24.3 Å². The van der Waals surface area contributed by atoms with Crippen LogP contribution in [0.2, 0.25) is 0 Å². The lowest BCUT2D eigenvalue weighted by molar-refractivity contribution is -0.132. The number of benzene rings is 4. The molecule has 0 spiro atoms. The zero-order valence-corrected chi connectivity index (χ0v) is 23.0. The average Bonchev–Trinajstić information content (AvgIpc) is 3.52. The van der Waals surface area contributed by atoms with Crippen LogP contribution in [0.4, 0.5) is 39.4 Å². The standard InChI is InChI=1S/C31H27F4N7O/c1-20-6-13-24(14-7-20)36-30(43)37-27-18-22(25-4-2-3-5-26(25)29-38-40-41-39-29)10-15-28(27)42(17-16-31(33,34)35)19-21-8-11-23(32)12-9-21/h2-15,18H,16-17,19H2,1H3,(H2,36,37,43)(H,38,39,40,41). The summed E-state index contributed by atoms with van der Waals surface area (Å²) in [7, 11) is 0. The van der Waals surface area contributed by atoms with Gasteiger partial charge in [-0.25, -0.2) is 14.3 Å². The molecule has 0 radical (unpaired) electrons. The van der Waals surface area contributed by atoms with E-state index in [4.69, 9.17) is 0 Å². The Morgan fingerprint density at radius 1 is 0.907 bits per heavy atom. The molecule has 0 aliphatic rings. The van der Waals surface area contributed by atoms with Crippen molar-refractivity contribution < 1.29 is 22.4 Å². The highest BCUT2D eigenvalue weighted by atomic mass is 19.4. The molecule has 2 amide bonds. The zero-order valence-electron chi connectivity index (χ0n) is 23.0. The van der Waals surface area contributed by atoms with Crippen molar-refractivity contribution in [3.05, 3.63) is 108 Å². The number of hydrogen-bond acceptors (Lipinski definition) is 5. The van der Waals surface area contributed by atoms with Gasteiger partial charge in [-0.1, -0.05) is 60.2 Å². The molecule has 0 bridgehead atoms. The van der Waals surface area contributed by atoms with Gasteiger partial charge in [0.1, 0.15) is 5.82 Å². The van der Waals surface area contributed by atoms with E-state index >= 15 is 0 Å². The van der Waals surface area contributed by atoms with E-state index in [9.17, 15) is 22.4 Å². The summed E-state index contributed by atoms with van der Waals surface area (Å²) >= 11 is 0. The smallest absolute Gasteiger partial charge is 0.365 e. The molecule has 0 aliphatic heterocycles. The largest absolute Gasteiger partial charge is 0.390 e.